The molecule has 1 fully saturated rings. The van der Waals surface area contributed by atoms with E-state index in [4.69, 9.17) is 4.84 Å². The Kier molecular flexibility index (Phi) is 3.93. The predicted molar refractivity (Wildman–Crippen MR) is 56.6 cm³/mol. The molecule has 0 bridgehead atoms. The van der Waals surface area contributed by atoms with Gasteiger partial charge in [0.15, 0.2) is 0 Å². The Morgan fingerprint density at radius 1 is 1.14 bits per heavy atom. The van der Waals surface area contributed by atoms with E-state index in [0.717, 1.165) is 18.8 Å². The summed E-state index contributed by atoms with van der Waals surface area (Å²) in [5.74, 6) is 0.805. The molecule has 0 saturated heterocycles. The third-order valence-electron chi connectivity index (χ3n) is 2.85. The standard InChI is InChI=1S/C11H23NO2/c1-9-5-7-10(8-6-9)14-12(13)11(2,3)4/h9-10,12H,5-8H2,1-4H3. The second-order valence-electron chi connectivity index (χ2n) is 5.54. The largest absolute Gasteiger partial charge is 0.599 e. The van der Waals surface area contributed by atoms with E-state index in [0.29, 0.717) is 0 Å². The lowest BCUT2D eigenvalue weighted by Gasteiger charge is -2.36. The Hall–Kier alpha value is -0.120. The zero-order valence-corrected chi connectivity index (χ0v) is 9.80. The van der Waals surface area contributed by atoms with Crippen molar-refractivity contribution >= 4 is 0 Å². The monoisotopic (exact) mass is 201 g/mol. The van der Waals surface area contributed by atoms with Gasteiger partial charge in [-0.25, -0.2) is 10.1 Å². The van der Waals surface area contributed by atoms with Gasteiger partial charge in [0.2, 0.25) is 0 Å². The summed E-state index contributed by atoms with van der Waals surface area (Å²) in [4.78, 5) is 5.47. The highest BCUT2D eigenvalue weighted by Gasteiger charge is 2.26. The maximum absolute atomic E-state index is 11.6. The molecule has 0 aromatic rings. The Morgan fingerprint density at radius 3 is 2.07 bits per heavy atom. The van der Waals surface area contributed by atoms with E-state index < -0.39 is 0 Å². The van der Waals surface area contributed by atoms with Crippen LogP contribution >= 0.6 is 0 Å². The lowest BCUT2D eigenvalue weighted by molar-refractivity contribution is -1.09. The van der Waals surface area contributed by atoms with Gasteiger partial charge >= 0.3 is 0 Å². The fourth-order valence-corrected chi connectivity index (χ4v) is 1.68. The highest BCUT2D eigenvalue weighted by atomic mass is 16.9. The second kappa shape index (κ2) is 4.60. The molecule has 0 heterocycles. The Morgan fingerprint density at radius 2 is 1.64 bits per heavy atom. The van der Waals surface area contributed by atoms with Crippen molar-refractivity contribution in [1.82, 2.24) is 0 Å². The van der Waals surface area contributed by atoms with Crippen molar-refractivity contribution < 1.29 is 10.1 Å². The molecule has 1 N–H and O–H groups in total. The minimum Gasteiger partial charge on any atom is -0.599 e. The van der Waals surface area contributed by atoms with Crippen molar-refractivity contribution in [1.29, 1.82) is 0 Å². The molecule has 1 aliphatic rings. The van der Waals surface area contributed by atoms with E-state index in [2.05, 4.69) is 6.92 Å². The first-order chi connectivity index (χ1) is 6.39. The predicted octanol–water partition coefficient (Wildman–Crippen LogP) is 1.68. The van der Waals surface area contributed by atoms with Crippen LogP contribution in [0, 0.1) is 11.1 Å². The van der Waals surface area contributed by atoms with Crippen LogP contribution in [0.15, 0.2) is 0 Å². The molecule has 14 heavy (non-hydrogen) atoms. The molecule has 0 aliphatic heterocycles. The molecule has 1 rings (SSSR count). The average molecular weight is 201 g/mol. The second-order valence-corrected chi connectivity index (χ2v) is 5.54. The van der Waals surface area contributed by atoms with Crippen LogP contribution in [-0.2, 0) is 4.84 Å². The van der Waals surface area contributed by atoms with Gasteiger partial charge in [0.1, 0.15) is 11.6 Å². The summed E-state index contributed by atoms with van der Waals surface area (Å²) in [6.07, 6.45) is 4.66. The number of hydrogen-bond donors (Lipinski definition) is 1. The van der Waals surface area contributed by atoms with Crippen LogP contribution in [0.5, 0.6) is 0 Å². The maximum atomic E-state index is 11.6. The van der Waals surface area contributed by atoms with Crippen molar-refractivity contribution in [2.45, 2.75) is 65.0 Å². The summed E-state index contributed by atoms with van der Waals surface area (Å²) in [7, 11) is 0. The Balaban J connectivity index is 2.31. The summed E-state index contributed by atoms with van der Waals surface area (Å²) in [5.41, 5.74) is -0.358. The SMILES string of the molecule is CC1CCC(O[NH+]([O-])C(C)(C)C)CC1. The van der Waals surface area contributed by atoms with Crippen LogP contribution in [0.3, 0.4) is 0 Å². The topological polar surface area (TPSA) is 36.7 Å². The van der Waals surface area contributed by atoms with E-state index in [1.54, 1.807) is 0 Å². The van der Waals surface area contributed by atoms with Gasteiger partial charge in [-0.1, -0.05) is 6.92 Å². The normalized spacial score (nSPS) is 31.5. The number of nitrogens with one attached hydrogen (secondary N) is 1. The first kappa shape index (κ1) is 12.0. The van der Waals surface area contributed by atoms with Crippen LogP contribution in [-0.4, -0.2) is 11.6 Å². The van der Waals surface area contributed by atoms with Crippen LogP contribution in [0.2, 0.25) is 0 Å². The number of hydrogen-bond acceptors (Lipinski definition) is 2. The van der Waals surface area contributed by atoms with Crippen molar-refractivity contribution in [3.63, 3.8) is 0 Å². The molecular weight excluding hydrogens is 178 g/mol. The van der Waals surface area contributed by atoms with Gasteiger partial charge < -0.3 is 5.21 Å². The Bertz CT molecular complexity index is 169. The van der Waals surface area contributed by atoms with E-state index in [1.165, 1.54) is 12.8 Å². The van der Waals surface area contributed by atoms with Gasteiger partial charge in [0.05, 0.1) is 0 Å². The summed E-state index contributed by atoms with van der Waals surface area (Å²) < 4.78 is 0. The quantitative estimate of drug-likeness (QED) is 0.690. The van der Waals surface area contributed by atoms with Gasteiger partial charge in [-0.15, -0.1) is 0 Å². The molecule has 1 atom stereocenters. The van der Waals surface area contributed by atoms with E-state index in [-0.39, 0.29) is 16.9 Å². The fraction of sp³-hybridized carbons (Fsp3) is 1.00. The van der Waals surface area contributed by atoms with Crippen LogP contribution in [0.25, 0.3) is 0 Å². The van der Waals surface area contributed by atoms with Crippen LogP contribution in [0.4, 0.5) is 0 Å². The molecular formula is C11H23NO2. The number of quaternary nitrogens is 1. The average Bonchev–Trinajstić information content (AvgIpc) is 2.07. The number of hydroxylamine groups is 2. The van der Waals surface area contributed by atoms with Crippen molar-refractivity contribution in [3.8, 4) is 0 Å². The van der Waals surface area contributed by atoms with Gasteiger partial charge in [-0.3, -0.25) is 0 Å². The molecule has 1 aliphatic carbocycles. The van der Waals surface area contributed by atoms with Crippen molar-refractivity contribution in [2.24, 2.45) is 5.92 Å². The summed E-state index contributed by atoms with van der Waals surface area (Å²) in [6.45, 7) is 7.98. The molecule has 0 radical (unpaired) electrons. The van der Waals surface area contributed by atoms with Gasteiger partial charge in [0, 0.05) is 0 Å². The third kappa shape index (κ3) is 3.56. The zero-order chi connectivity index (χ0) is 10.8. The molecule has 0 aromatic heterocycles. The lowest BCUT2D eigenvalue weighted by Crippen LogP contribution is -3.14. The summed E-state index contributed by atoms with van der Waals surface area (Å²) in [6, 6.07) is 0. The molecule has 0 spiro atoms. The Labute approximate surface area is 87.0 Å². The number of rotatable bonds is 2. The fourth-order valence-electron chi connectivity index (χ4n) is 1.68. The summed E-state index contributed by atoms with van der Waals surface area (Å²) >= 11 is 0. The highest BCUT2D eigenvalue weighted by molar-refractivity contribution is 4.69. The van der Waals surface area contributed by atoms with Gasteiger partial charge in [-0.2, -0.15) is 0 Å². The van der Waals surface area contributed by atoms with Gasteiger partial charge in [0.25, 0.3) is 0 Å². The van der Waals surface area contributed by atoms with Gasteiger partial charge in [-0.05, 0) is 52.4 Å². The zero-order valence-electron chi connectivity index (χ0n) is 9.80. The van der Waals surface area contributed by atoms with Crippen LogP contribution < -0.4 is 5.23 Å². The highest BCUT2D eigenvalue weighted by Crippen LogP contribution is 2.24. The first-order valence-electron chi connectivity index (χ1n) is 5.60. The molecule has 0 aromatic carbocycles. The minimum atomic E-state index is -0.358. The summed E-state index contributed by atoms with van der Waals surface area (Å²) in [5, 5.41) is 11.5. The van der Waals surface area contributed by atoms with Crippen molar-refractivity contribution in [3.05, 3.63) is 5.21 Å². The van der Waals surface area contributed by atoms with E-state index >= 15 is 0 Å². The molecule has 84 valence electrons. The molecule has 1 unspecified atom stereocenters. The molecule has 3 nitrogen and oxygen atoms in total. The van der Waals surface area contributed by atoms with Crippen molar-refractivity contribution in [2.75, 3.05) is 0 Å². The third-order valence-corrected chi connectivity index (χ3v) is 2.85. The van der Waals surface area contributed by atoms with E-state index in [9.17, 15) is 5.21 Å². The smallest absolute Gasteiger partial charge is 0.118 e. The lowest BCUT2D eigenvalue weighted by atomic mass is 9.89. The van der Waals surface area contributed by atoms with Crippen LogP contribution in [0.1, 0.15) is 53.4 Å². The minimum absolute atomic E-state index is 0.0583. The maximum Gasteiger partial charge on any atom is 0.118 e. The first-order valence-corrected chi connectivity index (χ1v) is 5.60. The van der Waals surface area contributed by atoms with E-state index in [1.807, 2.05) is 20.8 Å². The molecule has 0 amide bonds. The molecule has 3 heteroatoms. The molecule has 1 saturated carbocycles.